The van der Waals surface area contributed by atoms with E-state index in [1.807, 2.05) is 54.6 Å². The molecule has 1 fully saturated rings. The molecule has 3 N–H and O–H groups in total. The molecule has 3 aromatic carbocycles. The summed E-state index contributed by atoms with van der Waals surface area (Å²) in [6, 6.07) is 23.9. The highest BCUT2D eigenvalue weighted by molar-refractivity contribution is 6.04. The van der Waals surface area contributed by atoms with E-state index in [1.54, 1.807) is 24.3 Å². The number of piperidine rings is 1. The summed E-state index contributed by atoms with van der Waals surface area (Å²) in [5.74, 6) is -0.174. The Bertz CT molecular complexity index is 1080. The maximum atomic E-state index is 12.6. The SMILES string of the molecule is O=C(Nc1ccccc1)c1cccc(CN2CCC(C(=O)Nc3ccccc3O)CC2)c1. The third-order valence-electron chi connectivity index (χ3n) is 5.75. The van der Waals surface area contributed by atoms with E-state index >= 15 is 0 Å². The number of aromatic hydroxyl groups is 1. The van der Waals surface area contributed by atoms with Crippen LogP contribution in [0.5, 0.6) is 5.75 Å². The predicted octanol–water partition coefficient (Wildman–Crippen LogP) is 4.50. The van der Waals surface area contributed by atoms with E-state index in [-0.39, 0.29) is 23.5 Å². The number of para-hydroxylation sites is 3. The average Bonchev–Trinajstić information content (AvgIpc) is 2.82. The zero-order valence-corrected chi connectivity index (χ0v) is 17.8. The van der Waals surface area contributed by atoms with E-state index in [0.29, 0.717) is 11.3 Å². The monoisotopic (exact) mass is 429 g/mol. The molecular formula is C26H27N3O3. The molecule has 6 heteroatoms. The standard InChI is InChI=1S/C26H27N3O3/c30-24-12-5-4-11-23(24)28-25(31)20-13-15-29(16-14-20)18-19-7-6-8-21(17-19)26(32)27-22-9-2-1-3-10-22/h1-12,17,20,30H,13-16,18H2,(H,27,32)(H,28,31). The minimum atomic E-state index is -0.127. The van der Waals surface area contributed by atoms with Gasteiger partial charge < -0.3 is 15.7 Å². The molecule has 0 atom stereocenters. The molecule has 0 radical (unpaired) electrons. The summed E-state index contributed by atoms with van der Waals surface area (Å²) in [6.45, 7) is 2.35. The summed E-state index contributed by atoms with van der Waals surface area (Å²) in [6.07, 6.45) is 1.52. The molecular weight excluding hydrogens is 402 g/mol. The lowest BCUT2D eigenvalue weighted by Gasteiger charge is -2.31. The van der Waals surface area contributed by atoms with Gasteiger partial charge in [0.2, 0.25) is 5.91 Å². The highest BCUT2D eigenvalue weighted by Crippen LogP contribution is 2.25. The van der Waals surface area contributed by atoms with E-state index in [4.69, 9.17) is 0 Å². The Labute approximate surface area is 187 Å². The largest absolute Gasteiger partial charge is 0.506 e. The van der Waals surface area contributed by atoms with E-state index in [1.165, 1.54) is 0 Å². The van der Waals surface area contributed by atoms with Crippen LogP contribution < -0.4 is 10.6 Å². The molecule has 3 aromatic rings. The number of hydrogen-bond acceptors (Lipinski definition) is 4. The van der Waals surface area contributed by atoms with Gasteiger partial charge in [0.15, 0.2) is 0 Å². The molecule has 0 spiro atoms. The van der Waals surface area contributed by atoms with Crippen molar-refractivity contribution in [2.45, 2.75) is 19.4 Å². The van der Waals surface area contributed by atoms with Crippen molar-refractivity contribution in [2.24, 2.45) is 5.92 Å². The zero-order valence-electron chi connectivity index (χ0n) is 17.8. The second kappa shape index (κ2) is 10.1. The summed E-state index contributed by atoms with van der Waals surface area (Å²) < 4.78 is 0. The van der Waals surface area contributed by atoms with Crippen molar-refractivity contribution in [2.75, 3.05) is 23.7 Å². The second-order valence-electron chi connectivity index (χ2n) is 8.08. The van der Waals surface area contributed by atoms with Crippen molar-refractivity contribution in [3.63, 3.8) is 0 Å². The molecule has 0 saturated carbocycles. The molecule has 2 amide bonds. The topological polar surface area (TPSA) is 81.7 Å². The third kappa shape index (κ3) is 5.53. The van der Waals surface area contributed by atoms with E-state index < -0.39 is 0 Å². The summed E-state index contributed by atoms with van der Waals surface area (Å²) >= 11 is 0. The number of anilines is 2. The lowest BCUT2D eigenvalue weighted by Crippen LogP contribution is -2.37. The van der Waals surface area contributed by atoms with E-state index in [0.717, 1.165) is 43.7 Å². The number of carbonyl (C=O) groups is 2. The Balaban J connectivity index is 1.29. The Kier molecular flexibility index (Phi) is 6.82. The minimum absolute atomic E-state index is 0.0502. The van der Waals surface area contributed by atoms with Gasteiger partial charge in [0.25, 0.3) is 5.91 Å². The first-order valence-electron chi connectivity index (χ1n) is 10.8. The molecule has 1 heterocycles. The van der Waals surface area contributed by atoms with Gasteiger partial charge in [0.05, 0.1) is 5.69 Å². The maximum Gasteiger partial charge on any atom is 0.255 e. The number of nitrogens with one attached hydrogen (secondary N) is 2. The quantitative estimate of drug-likeness (QED) is 0.504. The average molecular weight is 430 g/mol. The molecule has 0 bridgehead atoms. The number of rotatable bonds is 6. The van der Waals surface area contributed by atoms with Crippen LogP contribution in [0.2, 0.25) is 0 Å². The molecule has 1 aliphatic rings. The number of phenolic OH excluding ortho intramolecular Hbond substituents is 1. The van der Waals surface area contributed by atoms with Crippen LogP contribution in [0.4, 0.5) is 11.4 Å². The molecule has 1 aliphatic heterocycles. The van der Waals surface area contributed by atoms with Crippen molar-refractivity contribution in [3.8, 4) is 5.75 Å². The van der Waals surface area contributed by atoms with Crippen LogP contribution in [-0.4, -0.2) is 34.9 Å². The van der Waals surface area contributed by atoms with Gasteiger partial charge in [-0.15, -0.1) is 0 Å². The molecule has 32 heavy (non-hydrogen) atoms. The van der Waals surface area contributed by atoms with Gasteiger partial charge in [0.1, 0.15) is 5.75 Å². The van der Waals surface area contributed by atoms with Crippen molar-refractivity contribution < 1.29 is 14.7 Å². The lowest BCUT2D eigenvalue weighted by molar-refractivity contribution is -0.121. The first kappa shape index (κ1) is 21.6. The number of carbonyl (C=O) groups excluding carboxylic acids is 2. The molecule has 6 nitrogen and oxygen atoms in total. The Morgan fingerprint density at radius 1 is 0.875 bits per heavy atom. The fourth-order valence-electron chi connectivity index (χ4n) is 3.96. The summed E-state index contributed by atoms with van der Waals surface area (Å²) in [5, 5.41) is 15.6. The fourth-order valence-corrected chi connectivity index (χ4v) is 3.96. The van der Waals surface area contributed by atoms with Crippen LogP contribution >= 0.6 is 0 Å². The van der Waals surface area contributed by atoms with Gasteiger partial charge in [-0.05, 0) is 67.9 Å². The summed E-state index contributed by atoms with van der Waals surface area (Å²) in [4.78, 5) is 27.4. The van der Waals surface area contributed by atoms with Crippen LogP contribution in [0, 0.1) is 5.92 Å². The molecule has 0 aliphatic carbocycles. The Hall–Kier alpha value is -3.64. The Morgan fingerprint density at radius 3 is 2.34 bits per heavy atom. The normalized spacial score (nSPS) is 14.6. The van der Waals surface area contributed by atoms with Gasteiger partial charge in [-0.1, -0.05) is 42.5 Å². The smallest absolute Gasteiger partial charge is 0.255 e. The lowest BCUT2D eigenvalue weighted by atomic mass is 9.95. The number of amides is 2. The van der Waals surface area contributed by atoms with Crippen LogP contribution in [-0.2, 0) is 11.3 Å². The summed E-state index contributed by atoms with van der Waals surface area (Å²) in [7, 11) is 0. The molecule has 1 saturated heterocycles. The Morgan fingerprint density at radius 2 is 1.59 bits per heavy atom. The van der Waals surface area contributed by atoms with Gasteiger partial charge >= 0.3 is 0 Å². The van der Waals surface area contributed by atoms with Crippen molar-refractivity contribution >= 4 is 23.2 Å². The second-order valence-corrected chi connectivity index (χ2v) is 8.08. The highest BCUT2D eigenvalue weighted by Gasteiger charge is 2.25. The van der Waals surface area contributed by atoms with Crippen molar-refractivity contribution in [3.05, 3.63) is 90.0 Å². The van der Waals surface area contributed by atoms with Gasteiger partial charge in [-0.2, -0.15) is 0 Å². The fraction of sp³-hybridized carbons (Fsp3) is 0.231. The van der Waals surface area contributed by atoms with Crippen LogP contribution in [0.25, 0.3) is 0 Å². The number of phenols is 1. The first-order chi connectivity index (χ1) is 15.6. The van der Waals surface area contributed by atoms with Crippen molar-refractivity contribution in [1.82, 2.24) is 4.90 Å². The molecule has 4 rings (SSSR count). The first-order valence-corrected chi connectivity index (χ1v) is 10.8. The van der Waals surface area contributed by atoms with Gasteiger partial charge in [-0.3, -0.25) is 14.5 Å². The zero-order chi connectivity index (χ0) is 22.3. The summed E-state index contributed by atoms with van der Waals surface area (Å²) in [5.41, 5.74) is 2.92. The van der Waals surface area contributed by atoms with Crippen LogP contribution in [0.1, 0.15) is 28.8 Å². The van der Waals surface area contributed by atoms with E-state index in [2.05, 4.69) is 15.5 Å². The number of hydrogen-bond donors (Lipinski definition) is 3. The third-order valence-corrected chi connectivity index (χ3v) is 5.75. The van der Waals surface area contributed by atoms with E-state index in [9.17, 15) is 14.7 Å². The van der Waals surface area contributed by atoms with Crippen molar-refractivity contribution in [1.29, 1.82) is 0 Å². The van der Waals surface area contributed by atoms with Gasteiger partial charge in [0, 0.05) is 23.7 Å². The molecule has 0 unspecified atom stereocenters. The van der Waals surface area contributed by atoms with Gasteiger partial charge in [-0.25, -0.2) is 0 Å². The number of likely N-dealkylation sites (tertiary alicyclic amines) is 1. The van der Waals surface area contributed by atoms with Crippen LogP contribution in [0.15, 0.2) is 78.9 Å². The van der Waals surface area contributed by atoms with Crippen LogP contribution in [0.3, 0.4) is 0 Å². The predicted molar refractivity (Wildman–Crippen MR) is 126 cm³/mol. The minimum Gasteiger partial charge on any atom is -0.506 e. The number of nitrogens with zero attached hydrogens (tertiary/aromatic N) is 1. The highest BCUT2D eigenvalue weighted by atomic mass is 16.3. The molecule has 0 aromatic heterocycles. The number of benzene rings is 3. The molecule has 164 valence electrons. The maximum absolute atomic E-state index is 12.6.